The van der Waals surface area contributed by atoms with Gasteiger partial charge in [-0.1, -0.05) is 11.6 Å². The third-order valence-electron chi connectivity index (χ3n) is 4.88. The lowest BCUT2D eigenvalue weighted by molar-refractivity contribution is 0.0501. The highest BCUT2D eigenvalue weighted by Gasteiger charge is 2.31. The Balaban J connectivity index is 1.71. The van der Waals surface area contributed by atoms with Gasteiger partial charge in [0.15, 0.2) is 0 Å². The number of rotatable bonds is 7. The second kappa shape index (κ2) is 10.1. The summed E-state index contributed by atoms with van der Waals surface area (Å²) >= 11 is 6.15. The molecule has 1 aliphatic rings. The van der Waals surface area contributed by atoms with Crippen molar-refractivity contribution in [2.75, 3.05) is 37.7 Å². The van der Waals surface area contributed by atoms with Crippen molar-refractivity contribution in [2.45, 2.75) is 17.7 Å². The van der Waals surface area contributed by atoms with Gasteiger partial charge >= 0.3 is 5.97 Å². The van der Waals surface area contributed by atoms with Crippen molar-refractivity contribution in [2.24, 2.45) is 0 Å². The quantitative estimate of drug-likeness (QED) is 0.459. The molecule has 0 unspecified atom stereocenters. The molecule has 0 spiro atoms. The molecule has 7 nitrogen and oxygen atoms in total. The maximum Gasteiger partial charge on any atom is 0.338 e. The van der Waals surface area contributed by atoms with Gasteiger partial charge in [-0.3, -0.25) is 0 Å². The number of carbonyl (C=O) groups is 1. The second-order valence-corrected chi connectivity index (χ2v) is 9.22. The highest BCUT2D eigenvalue weighted by Crippen LogP contribution is 2.28. The molecule has 10 heteroatoms. The zero-order valence-corrected chi connectivity index (χ0v) is 18.2. The number of unbranched alkanes of at least 4 members (excludes halogenated alkanes) is 1. The number of sulfonamides is 1. The lowest BCUT2D eigenvalue weighted by Gasteiger charge is -2.35. The smallest absolute Gasteiger partial charge is 0.338 e. The van der Waals surface area contributed by atoms with Gasteiger partial charge in [0.05, 0.1) is 23.3 Å². The van der Waals surface area contributed by atoms with E-state index in [0.29, 0.717) is 19.5 Å². The Kier molecular flexibility index (Phi) is 7.49. The minimum absolute atomic E-state index is 0.0157. The molecule has 164 valence electrons. The van der Waals surface area contributed by atoms with E-state index in [9.17, 15) is 17.6 Å². The molecule has 1 saturated heterocycles. The van der Waals surface area contributed by atoms with Crippen LogP contribution in [0, 0.1) is 17.1 Å². The molecule has 0 bridgehead atoms. The molecule has 31 heavy (non-hydrogen) atoms. The topological polar surface area (TPSA) is 90.7 Å². The molecule has 0 saturated carbocycles. The molecule has 0 atom stereocenters. The van der Waals surface area contributed by atoms with Crippen LogP contribution in [0.1, 0.15) is 23.2 Å². The van der Waals surface area contributed by atoms with Crippen LogP contribution in [-0.4, -0.2) is 51.5 Å². The molecule has 1 aliphatic heterocycles. The van der Waals surface area contributed by atoms with E-state index in [1.807, 2.05) is 11.0 Å². The average molecular weight is 466 g/mol. The molecular weight excluding hydrogens is 445 g/mol. The van der Waals surface area contributed by atoms with E-state index in [1.54, 1.807) is 12.1 Å². The molecular formula is C21H21ClFN3O4S. The average Bonchev–Trinajstić information content (AvgIpc) is 2.77. The van der Waals surface area contributed by atoms with Gasteiger partial charge in [0.25, 0.3) is 0 Å². The van der Waals surface area contributed by atoms with Crippen molar-refractivity contribution < 1.29 is 22.3 Å². The Bertz CT molecular complexity index is 1080. The number of hydrogen-bond acceptors (Lipinski definition) is 6. The second-order valence-electron chi connectivity index (χ2n) is 6.91. The van der Waals surface area contributed by atoms with Crippen molar-refractivity contribution in [3.05, 3.63) is 58.9 Å². The highest BCUT2D eigenvalue weighted by molar-refractivity contribution is 7.89. The molecule has 2 aromatic carbocycles. The van der Waals surface area contributed by atoms with Crippen LogP contribution in [0.3, 0.4) is 0 Å². The number of anilines is 1. The first-order valence-electron chi connectivity index (χ1n) is 9.67. The highest BCUT2D eigenvalue weighted by atomic mass is 35.5. The maximum atomic E-state index is 13.2. The zero-order valence-electron chi connectivity index (χ0n) is 16.6. The summed E-state index contributed by atoms with van der Waals surface area (Å²) in [6.07, 6.45) is 0.663. The first kappa shape index (κ1) is 23.0. The van der Waals surface area contributed by atoms with Crippen LogP contribution in [0.25, 0.3) is 0 Å². The molecule has 3 rings (SSSR count). The van der Waals surface area contributed by atoms with Gasteiger partial charge in [-0.2, -0.15) is 9.57 Å². The summed E-state index contributed by atoms with van der Waals surface area (Å²) < 4.78 is 45.8. The first-order valence-corrected chi connectivity index (χ1v) is 11.5. The van der Waals surface area contributed by atoms with Gasteiger partial charge in [-0.15, -0.1) is 0 Å². The molecule has 1 fully saturated rings. The van der Waals surface area contributed by atoms with Crippen LogP contribution in [0.4, 0.5) is 10.1 Å². The number of ether oxygens (including phenoxy) is 1. The number of benzene rings is 2. The lowest BCUT2D eigenvalue weighted by Crippen LogP contribution is -2.48. The fourth-order valence-corrected chi connectivity index (χ4v) is 5.13. The third kappa shape index (κ3) is 5.53. The Labute approximate surface area is 185 Å². The SMILES string of the molecule is N#CCCCOC(=O)c1ccc(Cl)c(S(=O)(=O)N2CCN(c3ccc(F)cc3)CC2)c1. The van der Waals surface area contributed by atoms with Gasteiger partial charge in [0, 0.05) is 38.3 Å². The maximum absolute atomic E-state index is 13.2. The van der Waals surface area contributed by atoms with Crippen molar-refractivity contribution in [1.29, 1.82) is 5.26 Å². The minimum atomic E-state index is -3.93. The fraction of sp³-hybridized carbons (Fsp3) is 0.333. The lowest BCUT2D eigenvalue weighted by atomic mass is 10.2. The van der Waals surface area contributed by atoms with Crippen LogP contribution in [0.5, 0.6) is 0 Å². The van der Waals surface area contributed by atoms with E-state index in [4.69, 9.17) is 21.6 Å². The Morgan fingerprint density at radius 3 is 2.45 bits per heavy atom. The summed E-state index contributed by atoms with van der Waals surface area (Å²) in [6, 6.07) is 12.0. The summed E-state index contributed by atoms with van der Waals surface area (Å²) in [6.45, 7) is 1.38. The summed E-state index contributed by atoms with van der Waals surface area (Å²) in [5, 5.41) is 8.54. The van der Waals surface area contributed by atoms with E-state index in [1.165, 1.54) is 34.6 Å². The number of esters is 1. The molecule has 0 aliphatic carbocycles. The number of piperazine rings is 1. The van der Waals surface area contributed by atoms with E-state index in [-0.39, 0.29) is 47.4 Å². The van der Waals surface area contributed by atoms with Gasteiger partial charge < -0.3 is 9.64 Å². The van der Waals surface area contributed by atoms with E-state index < -0.39 is 16.0 Å². The number of halogens is 2. The van der Waals surface area contributed by atoms with Gasteiger partial charge in [0.1, 0.15) is 10.7 Å². The fourth-order valence-electron chi connectivity index (χ4n) is 3.21. The number of nitriles is 1. The Morgan fingerprint density at radius 2 is 1.81 bits per heavy atom. The predicted molar refractivity (Wildman–Crippen MR) is 114 cm³/mol. The monoisotopic (exact) mass is 465 g/mol. The Hall–Kier alpha value is -2.67. The molecule has 0 N–H and O–H groups in total. The van der Waals surface area contributed by atoms with E-state index in [0.717, 1.165) is 5.69 Å². The molecule has 0 aromatic heterocycles. The molecule has 0 amide bonds. The van der Waals surface area contributed by atoms with Crippen LogP contribution >= 0.6 is 11.6 Å². The number of carbonyl (C=O) groups excluding carboxylic acids is 1. The third-order valence-corrected chi connectivity index (χ3v) is 7.26. The predicted octanol–water partition coefficient (Wildman–Crippen LogP) is 3.45. The van der Waals surface area contributed by atoms with Crippen molar-refractivity contribution >= 4 is 33.3 Å². The van der Waals surface area contributed by atoms with Crippen LogP contribution in [0.15, 0.2) is 47.4 Å². The van der Waals surface area contributed by atoms with Crippen molar-refractivity contribution in [3.8, 4) is 6.07 Å². The summed E-state index contributed by atoms with van der Waals surface area (Å²) in [5.41, 5.74) is 0.891. The van der Waals surface area contributed by atoms with Gasteiger partial charge in [-0.05, 0) is 48.9 Å². The summed E-state index contributed by atoms with van der Waals surface area (Å²) in [5.74, 6) is -1.00. The normalized spacial score (nSPS) is 14.8. The zero-order chi connectivity index (χ0) is 22.4. The standard InChI is InChI=1S/C21H21ClFN3O4S/c22-19-8-3-16(21(27)30-14-2-1-9-24)15-20(19)31(28,29)26-12-10-25(11-13-26)18-6-4-17(23)5-7-18/h3-8,15H,1-2,10-14H2. The van der Waals surface area contributed by atoms with Crippen LogP contribution < -0.4 is 4.90 Å². The first-order chi connectivity index (χ1) is 14.8. The molecule has 2 aromatic rings. The minimum Gasteiger partial charge on any atom is -0.462 e. The van der Waals surface area contributed by atoms with Crippen molar-refractivity contribution in [3.63, 3.8) is 0 Å². The number of nitrogens with zero attached hydrogens (tertiary/aromatic N) is 3. The molecule has 0 radical (unpaired) electrons. The van der Waals surface area contributed by atoms with Crippen LogP contribution in [0.2, 0.25) is 5.02 Å². The summed E-state index contributed by atoms with van der Waals surface area (Å²) in [7, 11) is -3.93. The van der Waals surface area contributed by atoms with Gasteiger partial charge in [-0.25, -0.2) is 17.6 Å². The largest absolute Gasteiger partial charge is 0.462 e. The summed E-state index contributed by atoms with van der Waals surface area (Å²) in [4.78, 5) is 14.0. The Morgan fingerprint density at radius 1 is 1.13 bits per heavy atom. The van der Waals surface area contributed by atoms with Crippen LogP contribution in [-0.2, 0) is 14.8 Å². The van der Waals surface area contributed by atoms with Crippen molar-refractivity contribution in [1.82, 2.24) is 4.31 Å². The van der Waals surface area contributed by atoms with Gasteiger partial charge in [0.2, 0.25) is 10.0 Å². The number of hydrogen-bond donors (Lipinski definition) is 0. The molecule has 1 heterocycles. The van der Waals surface area contributed by atoms with E-state index >= 15 is 0 Å². The van der Waals surface area contributed by atoms with E-state index in [2.05, 4.69) is 0 Å².